The number of halogens is 1. The maximum atomic E-state index is 6.60. The van der Waals surface area contributed by atoms with Crippen LogP contribution in [0.2, 0.25) is 5.02 Å². The minimum absolute atomic E-state index is 0.137. The Bertz CT molecular complexity index is 1050. The van der Waals surface area contributed by atoms with E-state index in [1.807, 2.05) is 12.1 Å². The molecule has 2 N–H and O–H groups in total. The van der Waals surface area contributed by atoms with Crippen molar-refractivity contribution in [2.45, 2.75) is 43.7 Å². The summed E-state index contributed by atoms with van der Waals surface area (Å²) in [5.41, 5.74) is 4.96. The number of dihydropyridines is 1. The van der Waals surface area contributed by atoms with Crippen LogP contribution in [0.1, 0.15) is 48.8 Å². The summed E-state index contributed by atoms with van der Waals surface area (Å²) in [7, 11) is 3.40. The highest BCUT2D eigenvalue weighted by Gasteiger charge is 2.29. The third kappa shape index (κ3) is 5.37. The zero-order chi connectivity index (χ0) is 23.5. The Kier molecular flexibility index (Phi) is 7.02. The van der Waals surface area contributed by atoms with Crippen LogP contribution in [0.15, 0.2) is 60.3 Å². The summed E-state index contributed by atoms with van der Waals surface area (Å²) >= 11 is 6.60. The Hall–Kier alpha value is -2.63. The first-order chi connectivity index (χ1) is 16.6. The maximum Gasteiger partial charge on any atom is 0.138 e. The van der Waals surface area contributed by atoms with Gasteiger partial charge in [0.15, 0.2) is 0 Å². The van der Waals surface area contributed by atoms with Crippen LogP contribution in [0, 0.1) is 0 Å². The van der Waals surface area contributed by atoms with E-state index in [1.165, 1.54) is 29.5 Å². The van der Waals surface area contributed by atoms with Crippen molar-refractivity contribution in [3.05, 3.63) is 76.5 Å². The number of ether oxygens (including phenoxy) is 2. The molecule has 1 saturated heterocycles. The first-order valence-electron chi connectivity index (χ1n) is 12.3. The van der Waals surface area contributed by atoms with E-state index in [1.54, 1.807) is 14.2 Å². The lowest BCUT2D eigenvalue weighted by molar-refractivity contribution is 0.236. The predicted octanol–water partition coefficient (Wildman–Crippen LogP) is 5.90. The van der Waals surface area contributed by atoms with E-state index in [0.717, 1.165) is 54.7 Å². The molecule has 2 aromatic carbocycles. The van der Waals surface area contributed by atoms with E-state index in [9.17, 15) is 0 Å². The Balaban J connectivity index is 1.19. The molecule has 2 heterocycles. The minimum Gasteiger partial charge on any atom is -0.497 e. The van der Waals surface area contributed by atoms with Crippen LogP contribution in [-0.2, 0) is 0 Å². The van der Waals surface area contributed by atoms with Crippen molar-refractivity contribution in [3.63, 3.8) is 0 Å². The topological polar surface area (TPSA) is 45.8 Å². The largest absolute Gasteiger partial charge is 0.497 e. The molecule has 5 rings (SSSR count). The molecule has 1 unspecified atom stereocenters. The third-order valence-electron chi connectivity index (χ3n) is 7.09. The van der Waals surface area contributed by atoms with Gasteiger partial charge in [-0.1, -0.05) is 23.7 Å². The molecule has 3 aliphatic rings. The van der Waals surface area contributed by atoms with Gasteiger partial charge in [-0.05, 0) is 90.9 Å². The quantitative estimate of drug-likeness (QED) is 0.494. The highest BCUT2D eigenvalue weighted by molar-refractivity contribution is 6.33. The fourth-order valence-corrected chi connectivity index (χ4v) is 5.29. The van der Waals surface area contributed by atoms with Gasteiger partial charge in [-0.2, -0.15) is 0 Å². The van der Waals surface area contributed by atoms with Crippen LogP contribution < -0.4 is 20.1 Å². The second-order valence-corrected chi connectivity index (χ2v) is 9.92. The highest BCUT2D eigenvalue weighted by Crippen LogP contribution is 2.47. The van der Waals surface area contributed by atoms with Gasteiger partial charge in [0.2, 0.25) is 0 Å². The summed E-state index contributed by atoms with van der Waals surface area (Å²) in [6.07, 6.45) is 11.3. The molecule has 0 radical (unpaired) electrons. The Morgan fingerprint density at radius 1 is 1.03 bits per heavy atom. The lowest BCUT2D eigenvalue weighted by atomic mass is 9.97. The van der Waals surface area contributed by atoms with Gasteiger partial charge in [-0.3, -0.25) is 4.90 Å². The van der Waals surface area contributed by atoms with E-state index in [-0.39, 0.29) is 6.04 Å². The van der Waals surface area contributed by atoms with E-state index < -0.39 is 0 Å². The molecule has 0 bridgehead atoms. The van der Waals surface area contributed by atoms with E-state index in [4.69, 9.17) is 21.1 Å². The number of rotatable bonds is 8. The molecule has 1 saturated carbocycles. The van der Waals surface area contributed by atoms with Gasteiger partial charge in [-0.25, -0.2) is 0 Å². The van der Waals surface area contributed by atoms with Gasteiger partial charge >= 0.3 is 0 Å². The fourth-order valence-electron chi connectivity index (χ4n) is 4.95. The Morgan fingerprint density at radius 2 is 1.79 bits per heavy atom. The molecule has 2 aliphatic heterocycles. The van der Waals surface area contributed by atoms with Crippen molar-refractivity contribution in [2.24, 2.45) is 0 Å². The summed E-state index contributed by atoms with van der Waals surface area (Å²) in [4.78, 5) is 2.56. The molecule has 6 heteroatoms. The van der Waals surface area contributed by atoms with Gasteiger partial charge in [0, 0.05) is 31.4 Å². The summed E-state index contributed by atoms with van der Waals surface area (Å²) in [5.74, 6) is 2.25. The summed E-state index contributed by atoms with van der Waals surface area (Å²) in [6, 6.07) is 13.2. The number of methoxy groups -OCH3 is 2. The molecule has 2 fully saturated rings. The van der Waals surface area contributed by atoms with Crippen LogP contribution in [-0.4, -0.2) is 44.8 Å². The van der Waals surface area contributed by atoms with Crippen LogP contribution in [0.3, 0.4) is 0 Å². The van der Waals surface area contributed by atoms with Crippen molar-refractivity contribution in [2.75, 3.05) is 39.2 Å². The molecule has 1 aliphatic carbocycles. The molecule has 1 atom stereocenters. The van der Waals surface area contributed by atoms with E-state index in [2.05, 4.69) is 58.2 Å². The smallest absolute Gasteiger partial charge is 0.138 e. The molecular formula is C28H34ClN3O2. The van der Waals surface area contributed by atoms with Crippen LogP contribution in [0.5, 0.6) is 11.5 Å². The number of nitrogens with one attached hydrogen (secondary N) is 2. The molecular weight excluding hydrogens is 446 g/mol. The van der Waals surface area contributed by atoms with Crippen LogP contribution in [0.4, 0.5) is 5.69 Å². The first kappa shape index (κ1) is 23.1. The fraction of sp³-hybridized carbons (Fsp3) is 0.429. The zero-order valence-electron chi connectivity index (χ0n) is 20.0. The molecule has 0 spiro atoms. The van der Waals surface area contributed by atoms with Crippen molar-refractivity contribution in [3.8, 4) is 11.5 Å². The number of nitrogens with zero attached hydrogens (tertiary/aromatic N) is 1. The number of anilines is 1. The average Bonchev–Trinajstić information content (AvgIpc) is 3.71. The van der Waals surface area contributed by atoms with E-state index >= 15 is 0 Å². The van der Waals surface area contributed by atoms with Gasteiger partial charge in [-0.15, -0.1) is 0 Å². The summed E-state index contributed by atoms with van der Waals surface area (Å²) in [6.45, 7) is 3.17. The predicted molar refractivity (Wildman–Crippen MR) is 139 cm³/mol. The van der Waals surface area contributed by atoms with Crippen molar-refractivity contribution in [1.82, 2.24) is 10.2 Å². The van der Waals surface area contributed by atoms with Crippen molar-refractivity contribution in [1.29, 1.82) is 0 Å². The average molecular weight is 480 g/mol. The molecule has 34 heavy (non-hydrogen) atoms. The van der Waals surface area contributed by atoms with Gasteiger partial charge in [0.05, 0.1) is 25.3 Å². The monoisotopic (exact) mass is 479 g/mol. The van der Waals surface area contributed by atoms with Gasteiger partial charge in [0.25, 0.3) is 0 Å². The van der Waals surface area contributed by atoms with Gasteiger partial charge < -0.3 is 20.1 Å². The van der Waals surface area contributed by atoms with Gasteiger partial charge in [0.1, 0.15) is 11.5 Å². The van der Waals surface area contributed by atoms with Crippen LogP contribution >= 0.6 is 11.6 Å². The normalized spacial score (nSPS) is 21.0. The third-order valence-corrected chi connectivity index (χ3v) is 7.50. The SMILES string of the molecule is COc1ccc(NC2CCN(CC3=CC(c4cc(OC)c(Cl)c(C5CC5)c4)NC=C3)CC2)cc1. The zero-order valence-corrected chi connectivity index (χ0v) is 20.8. The number of likely N-dealkylation sites (tertiary alicyclic amines) is 1. The summed E-state index contributed by atoms with van der Waals surface area (Å²) < 4.78 is 10.8. The molecule has 0 amide bonds. The molecule has 180 valence electrons. The van der Waals surface area contributed by atoms with E-state index in [0.29, 0.717) is 12.0 Å². The number of hydrogen-bond acceptors (Lipinski definition) is 5. The molecule has 2 aromatic rings. The van der Waals surface area contributed by atoms with Crippen molar-refractivity contribution >= 4 is 17.3 Å². The number of piperidine rings is 1. The lowest BCUT2D eigenvalue weighted by Crippen LogP contribution is -2.40. The van der Waals surface area contributed by atoms with Crippen LogP contribution in [0.25, 0.3) is 0 Å². The van der Waals surface area contributed by atoms with Crippen molar-refractivity contribution < 1.29 is 9.47 Å². The molecule has 5 nitrogen and oxygen atoms in total. The second-order valence-electron chi connectivity index (χ2n) is 9.54. The standard InChI is InChI=1S/C28H34ClN3O2/c1-33-24-7-5-22(6-8-24)31-23-10-13-32(14-11-23)18-19-9-12-30-26(15-19)21-16-25(20-3-4-20)28(29)27(17-21)34-2/h5-9,12,15-17,20,23,26,30-31H,3-4,10-11,13-14,18H2,1-2H3. The Labute approximate surface area is 207 Å². The number of hydrogen-bond donors (Lipinski definition) is 2. The minimum atomic E-state index is 0.137. The second kappa shape index (κ2) is 10.3. The molecule has 0 aromatic heterocycles. The number of benzene rings is 2. The maximum absolute atomic E-state index is 6.60. The lowest BCUT2D eigenvalue weighted by Gasteiger charge is -2.33. The Morgan fingerprint density at radius 3 is 2.47 bits per heavy atom. The first-order valence-corrected chi connectivity index (χ1v) is 12.6. The highest BCUT2D eigenvalue weighted by atomic mass is 35.5. The summed E-state index contributed by atoms with van der Waals surface area (Å²) in [5, 5.41) is 7.96.